The van der Waals surface area contributed by atoms with Gasteiger partial charge in [0, 0.05) is 18.2 Å². The van der Waals surface area contributed by atoms with Crippen LogP contribution in [0.3, 0.4) is 0 Å². The molecule has 0 spiro atoms. The minimum Gasteiger partial charge on any atom is -0.272 e. The van der Waals surface area contributed by atoms with Crippen LogP contribution in [-0.4, -0.2) is 22.5 Å². The fraction of sp³-hybridized carbons (Fsp3) is 0.250. The second kappa shape index (κ2) is 7.92. The summed E-state index contributed by atoms with van der Waals surface area (Å²) in [6, 6.07) is 25.6. The first-order chi connectivity index (χ1) is 15.2. The van der Waals surface area contributed by atoms with E-state index in [-0.39, 0.29) is 28.9 Å². The molecule has 2 aliphatic heterocycles. The summed E-state index contributed by atoms with van der Waals surface area (Å²) in [6.45, 7) is 3.00. The maximum atomic E-state index is 11.1. The smallest absolute Gasteiger partial charge is 0.269 e. The second-order valence-electron chi connectivity index (χ2n) is 7.85. The van der Waals surface area contributed by atoms with Crippen LogP contribution in [0, 0.1) is 10.1 Å². The molecule has 5 rings (SSSR count). The zero-order chi connectivity index (χ0) is 21.4. The Morgan fingerprint density at radius 3 is 2.29 bits per heavy atom. The van der Waals surface area contributed by atoms with Crippen molar-refractivity contribution in [3.8, 4) is 0 Å². The zero-order valence-corrected chi connectivity index (χ0v) is 17.2. The van der Waals surface area contributed by atoms with Crippen molar-refractivity contribution in [1.82, 2.24) is 4.90 Å². The molecule has 0 radical (unpaired) electrons. The van der Waals surface area contributed by atoms with Gasteiger partial charge in [0.1, 0.15) is 12.2 Å². The summed E-state index contributed by atoms with van der Waals surface area (Å²) in [5.41, 5.74) is 4.65. The van der Waals surface area contributed by atoms with E-state index in [1.54, 1.807) is 12.1 Å². The molecule has 0 N–H and O–H groups in total. The number of likely N-dealkylation sites (N-methyl/N-ethyl adjacent to an activating group) is 1. The predicted molar refractivity (Wildman–Crippen MR) is 119 cm³/mol. The summed E-state index contributed by atoms with van der Waals surface area (Å²) >= 11 is 0. The number of rotatable bonds is 5. The largest absolute Gasteiger partial charge is 0.272 e. The van der Waals surface area contributed by atoms with Crippen molar-refractivity contribution in [3.63, 3.8) is 0 Å². The number of hydrogen-bond acceptors (Lipinski definition) is 6. The first-order valence-corrected chi connectivity index (χ1v) is 10.5. The van der Waals surface area contributed by atoms with Gasteiger partial charge in [-0.3, -0.25) is 15.0 Å². The van der Waals surface area contributed by atoms with E-state index in [0.717, 1.165) is 18.7 Å². The van der Waals surface area contributed by atoms with Gasteiger partial charge in [0.25, 0.3) is 5.69 Å². The Hall–Kier alpha value is -3.58. The van der Waals surface area contributed by atoms with E-state index in [1.807, 2.05) is 11.1 Å². The quantitative estimate of drug-likeness (QED) is 0.411. The van der Waals surface area contributed by atoms with Crippen LogP contribution in [0.1, 0.15) is 35.7 Å². The predicted octanol–water partition coefficient (Wildman–Crippen LogP) is 5.47. The standard InChI is InChI=1S/C24H23N5O2/c1-2-27-22(16-17-8-4-3-5-9-17)20-10-6-7-11-21(20)23-24(27)28(26-25-23)18-12-14-19(15-13-18)29(30)31/h3-15,22-24H,2,16H2,1H3/t22-,23+,24+/m1/s1. The Morgan fingerprint density at radius 2 is 1.61 bits per heavy atom. The minimum absolute atomic E-state index is 0.0692. The van der Waals surface area contributed by atoms with Crippen LogP contribution in [0.2, 0.25) is 0 Å². The Kier molecular flexibility index (Phi) is 4.95. The normalized spacial score (nSPS) is 22.2. The Balaban J connectivity index is 1.55. The summed E-state index contributed by atoms with van der Waals surface area (Å²) in [4.78, 5) is 13.1. The van der Waals surface area contributed by atoms with Crippen molar-refractivity contribution in [1.29, 1.82) is 0 Å². The lowest BCUT2D eigenvalue weighted by atomic mass is 9.84. The lowest BCUT2D eigenvalue weighted by Crippen LogP contribution is -2.52. The van der Waals surface area contributed by atoms with E-state index in [0.29, 0.717) is 0 Å². The number of fused-ring (bicyclic) bond motifs is 3. The molecule has 0 amide bonds. The van der Waals surface area contributed by atoms with E-state index >= 15 is 0 Å². The summed E-state index contributed by atoms with van der Waals surface area (Å²) < 4.78 is 0. The van der Waals surface area contributed by atoms with Crippen LogP contribution < -0.4 is 5.01 Å². The third kappa shape index (κ3) is 3.37. The van der Waals surface area contributed by atoms with Crippen molar-refractivity contribution < 1.29 is 4.92 Å². The van der Waals surface area contributed by atoms with Gasteiger partial charge in [-0.15, -0.1) is 0 Å². The highest BCUT2D eigenvalue weighted by molar-refractivity contribution is 5.53. The zero-order valence-electron chi connectivity index (χ0n) is 17.2. The second-order valence-corrected chi connectivity index (χ2v) is 7.85. The molecule has 3 aromatic rings. The number of nitro groups is 1. The van der Waals surface area contributed by atoms with Crippen molar-refractivity contribution >= 4 is 11.4 Å². The third-order valence-corrected chi connectivity index (χ3v) is 6.18. The molecular formula is C24H23N5O2. The molecule has 0 bridgehead atoms. The summed E-state index contributed by atoms with van der Waals surface area (Å²) in [5, 5.41) is 22.1. The number of benzene rings is 3. The van der Waals surface area contributed by atoms with Crippen LogP contribution >= 0.6 is 0 Å². The van der Waals surface area contributed by atoms with Crippen molar-refractivity contribution in [2.75, 3.05) is 11.6 Å². The topological polar surface area (TPSA) is 74.3 Å². The molecule has 0 saturated carbocycles. The van der Waals surface area contributed by atoms with Crippen molar-refractivity contribution in [2.45, 2.75) is 31.6 Å². The molecule has 31 heavy (non-hydrogen) atoms. The average molecular weight is 413 g/mol. The van der Waals surface area contributed by atoms with E-state index in [4.69, 9.17) is 0 Å². The fourth-order valence-corrected chi connectivity index (χ4v) is 4.75. The molecule has 2 aliphatic rings. The van der Waals surface area contributed by atoms with Gasteiger partial charge in [-0.25, -0.2) is 5.01 Å². The first kappa shape index (κ1) is 19.4. The van der Waals surface area contributed by atoms with Gasteiger partial charge < -0.3 is 0 Å². The van der Waals surface area contributed by atoms with Crippen molar-refractivity contribution in [3.05, 3.63) is 106 Å². The van der Waals surface area contributed by atoms with Crippen LogP contribution in [0.25, 0.3) is 0 Å². The molecule has 0 aromatic heterocycles. The molecule has 3 aromatic carbocycles. The number of hydrogen-bond donors (Lipinski definition) is 0. The Labute approximate surface area is 180 Å². The van der Waals surface area contributed by atoms with E-state index in [2.05, 4.69) is 70.7 Å². The van der Waals surface area contributed by atoms with Crippen molar-refractivity contribution in [2.24, 2.45) is 10.3 Å². The number of anilines is 1. The van der Waals surface area contributed by atoms with Gasteiger partial charge in [0.2, 0.25) is 0 Å². The number of non-ortho nitro benzene ring substituents is 1. The lowest BCUT2D eigenvalue weighted by Gasteiger charge is -2.45. The third-order valence-electron chi connectivity index (χ3n) is 6.18. The van der Waals surface area contributed by atoms with E-state index in [9.17, 15) is 10.1 Å². The molecule has 2 heterocycles. The molecule has 0 unspecified atom stereocenters. The highest BCUT2D eigenvalue weighted by Gasteiger charge is 2.46. The van der Waals surface area contributed by atoms with E-state index in [1.165, 1.54) is 28.8 Å². The fourth-order valence-electron chi connectivity index (χ4n) is 4.75. The molecule has 3 atom stereocenters. The molecular weight excluding hydrogens is 390 g/mol. The van der Waals surface area contributed by atoms with Gasteiger partial charge in [-0.1, -0.05) is 66.7 Å². The van der Waals surface area contributed by atoms with Crippen LogP contribution in [0.5, 0.6) is 0 Å². The maximum absolute atomic E-state index is 11.1. The van der Waals surface area contributed by atoms with Crippen LogP contribution in [0.15, 0.2) is 89.2 Å². The number of nitro benzene ring substituents is 1. The van der Waals surface area contributed by atoms with E-state index < -0.39 is 0 Å². The summed E-state index contributed by atoms with van der Waals surface area (Å²) in [7, 11) is 0. The highest BCUT2D eigenvalue weighted by atomic mass is 16.6. The SMILES string of the molecule is CCN1[C@H](Cc2ccccc2)c2ccccc2[C@@H]2N=NN(c3ccc([N+](=O)[O-])cc3)[C@@H]21. The lowest BCUT2D eigenvalue weighted by molar-refractivity contribution is -0.384. The van der Waals surface area contributed by atoms with Gasteiger partial charge in [-0.2, -0.15) is 5.11 Å². The van der Waals surface area contributed by atoms with Gasteiger partial charge >= 0.3 is 0 Å². The van der Waals surface area contributed by atoms with Gasteiger partial charge in [-0.05, 0) is 41.8 Å². The maximum Gasteiger partial charge on any atom is 0.269 e. The average Bonchev–Trinajstić information content (AvgIpc) is 3.25. The molecule has 156 valence electrons. The summed E-state index contributed by atoms with van der Waals surface area (Å²) in [6.07, 6.45) is 0.818. The molecule has 7 heteroatoms. The molecule has 0 saturated heterocycles. The molecule has 0 aliphatic carbocycles. The molecule has 7 nitrogen and oxygen atoms in total. The Morgan fingerprint density at radius 1 is 0.935 bits per heavy atom. The molecule has 0 fully saturated rings. The minimum atomic E-state index is -0.386. The van der Waals surface area contributed by atoms with Crippen LogP contribution in [-0.2, 0) is 6.42 Å². The highest BCUT2D eigenvalue weighted by Crippen LogP contribution is 2.47. The number of nitrogens with zero attached hydrogens (tertiary/aromatic N) is 5. The summed E-state index contributed by atoms with van der Waals surface area (Å²) in [5.74, 6) is 0. The van der Waals surface area contributed by atoms with Crippen LogP contribution in [0.4, 0.5) is 11.4 Å². The van der Waals surface area contributed by atoms with Gasteiger partial charge in [0.05, 0.1) is 10.6 Å². The monoisotopic (exact) mass is 413 g/mol. The Bertz CT molecular complexity index is 1120. The van der Waals surface area contributed by atoms with Gasteiger partial charge in [0.15, 0.2) is 0 Å². The first-order valence-electron chi connectivity index (χ1n) is 10.5.